The first kappa shape index (κ1) is 13.2. The van der Waals surface area contributed by atoms with Gasteiger partial charge >= 0.3 is 6.18 Å². The van der Waals surface area contributed by atoms with Crippen molar-refractivity contribution in [1.82, 2.24) is 0 Å². The number of hydrogen-bond donors (Lipinski definition) is 1. The van der Waals surface area contributed by atoms with Crippen LogP contribution in [0.2, 0.25) is 0 Å². The Balaban J connectivity index is 3.40. The summed E-state index contributed by atoms with van der Waals surface area (Å²) in [6.07, 6.45) is -2.69. The summed E-state index contributed by atoms with van der Waals surface area (Å²) < 4.78 is 37.7. The van der Waals surface area contributed by atoms with E-state index in [1.165, 1.54) is 23.9 Å². The summed E-state index contributed by atoms with van der Waals surface area (Å²) in [5, 5.41) is 9.13. The molecule has 1 rings (SSSR count). The van der Waals surface area contributed by atoms with Crippen LogP contribution in [0.25, 0.3) is 0 Å². The Morgan fingerprint density at radius 3 is 2.12 bits per heavy atom. The summed E-state index contributed by atoms with van der Waals surface area (Å²) >= 11 is 1.33. The van der Waals surface area contributed by atoms with E-state index < -0.39 is 16.5 Å². The first-order valence-electron chi connectivity index (χ1n) is 4.64. The molecule has 0 amide bonds. The number of hydrogen-bond acceptors (Lipinski definition) is 2. The first-order chi connectivity index (χ1) is 7.18. The van der Waals surface area contributed by atoms with Crippen LogP contribution in [0.1, 0.15) is 25.0 Å². The highest BCUT2D eigenvalue weighted by Crippen LogP contribution is 2.43. The minimum Gasteiger partial charge on any atom is -0.508 e. The van der Waals surface area contributed by atoms with Crippen molar-refractivity contribution in [1.29, 1.82) is 0 Å². The summed E-state index contributed by atoms with van der Waals surface area (Å²) in [6, 6.07) is 3.38. The third-order valence-corrected chi connectivity index (χ3v) is 3.71. The van der Waals surface area contributed by atoms with Gasteiger partial charge in [-0.15, -0.1) is 0 Å². The molecular formula is C11H13F3OS. The lowest BCUT2D eigenvalue weighted by atomic mass is 9.95. The van der Waals surface area contributed by atoms with E-state index in [1.54, 1.807) is 20.1 Å². The van der Waals surface area contributed by atoms with Crippen LogP contribution in [0.3, 0.4) is 0 Å². The van der Waals surface area contributed by atoms with Gasteiger partial charge in [-0.25, -0.2) is 0 Å². The molecule has 0 radical (unpaired) electrons. The lowest BCUT2D eigenvalue weighted by Crippen LogP contribution is -2.19. The van der Waals surface area contributed by atoms with Crippen LogP contribution in [0.5, 0.6) is 5.75 Å². The number of phenols is 1. The van der Waals surface area contributed by atoms with Gasteiger partial charge in [0.15, 0.2) is 0 Å². The van der Waals surface area contributed by atoms with Gasteiger partial charge in [-0.1, -0.05) is 6.07 Å². The number of phenolic OH excluding ortho intramolecular Hbond substituents is 1. The van der Waals surface area contributed by atoms with E-state index in [2.05, 4.69) is 0 Å². The van der Waals surface area contributed by atoms with Gasteiger partial charge in [0, 0.05) is 4.75 Å². The number of rotatable bonds is 2. The SMILES string of the molecule is CSC(C)(C)c1ccc(O)cc1C(F)(F)F. The molecule has 0 saturated heterocycles. The highest BCUT2D eigenvalue weighted by atomic mass is 32.2. The van der Waals surface area contributed by atoms with Crippen LogP contribution < -0.4 is 0 Å². The lowest BCUT2D eigenvalue weighted by molar-refractivity contribution is -0.138. The molecule has 0 aromatic heterocycles. The molecule has 0 aliphatic heterocycles. The predicted octanol–water partition coefficient (Wildman–Crippen LogP) is 4.01. The number of benzene rings is 1. The second kappa shape index (κ2) is 4.20. The molecule has 16 heavy (non-hydrogen) atoms. The zero-order chi connectivity index (χ0) is 12.6. The minimum absolute atomic E-state index is 0.185. The van der Waals surface area contributed by atoms with Crippen molar-refractivity contribution < 1.29 is 18.3 Å². The minimum atomic E-state index is -4.44. The van der Waals surface area contributed by atoms with Crippen molar-refractivity contribution in [2.45, 2.75) is 24.8 Å². The number of thioether (sulfide) groups is 1. The van der Waals surface area contributed by atoms with Gasteiger partial charge < -0.3 is 5.11 Å². The Kier molecular flexibility index (Phi) is 3.47. The van der Waals surface area contributed by atoms with Gasteiger partial charge in [0.25, 0.3) is 0 Å². The molecule has 90 valence electrons. The summed E-state index contributed by atoms with van der Waals surface area (Å²) in [5.41, 5.74) is -0.586. The van der Waals surface area contributed by atoms with Crippen molar-refractivity contribution >= 4 is 11.8 Å². The molecule has 0 bridgehead atoms. The van der Waals surface area contributed by atoms with Crippen LogP contribution in [0.4, 0.5) is 13.2 Å². The lowest BCUT2D eigenvalue weighted by Gasteiger charge is -2.26. The molecule has 0 spiro atoms. The Hall–Kier alpha value is -0.840. The van der Waals surface area contributed by atoms with Crippen molar-refractivity contribution in [2.24, 2.45) is 0 Å². The fourth-order valence-electron chi connectivity index (χ4n) is 1.40. The van der Waals surface area contributed by atoms with Crippen molar-refractivity contribution in [3.63, 3.8) is 0 Å². The highest BCUT2D eigenvalue weighted by Gasteiger charge is 2.37. The van der Waals surface area contributed by atoms with Crippen LogP contribution in [-0.4, -0.2) is 11.4 Å². The largest absolute Gasteiger partial charge is 0.508 e. The van der Waals surface area contributed by atoms with Gasteiger partial charge in [0.05, 0.1) is 5.56 Å². The zero-order valence-electron chi connectivity index (χ0n) is 9.22. The molecular weight excluding hydrogens is 237 g/mol. The summed E-state index contributed by atoms with van der Waals surface area (Å²) in [6.45, 7) is 3.44. The van der Waals surface area contributed by atoms with E-state index >= 15 is 0 Å². The van der Waals surface area contributed by atoms with E-state index in [0.29, 0.717) is 0 Å². The van der Waals surface area contributed by atoms with Gasteiger partial charge in [0.1, 0.15) is 5.75 Å². The van der Waals surface area contributed by atoms with Crippen LogP contribution in [-0.2, 0) is 10.9 Å². The van der Waals surface area contributed by atoms with Gasteiger partial charge in [0.2, 0.25) is 0 Å². The molecule has 0 fully saturated rings. The van der Waals surface area contributed by atoms with Crippen LogP contribution in [0, 0.1) is 0 Å². The quantitative estimate of drug-likeness (QED) is 0.855. The van der Waals surface area contributed by atoms with Gasteiger partial charge in [-0.05, 0) is 37.8 Å². The molecule has 1 aromatic carbocycles. The second-order valence-corrected chi connectivity index (χ2v) is 5.37. The fraction of sp³-hybridized carbons (Fsp3) is 0.455. The summed E-state index contributed by atoms with van der Waals surface area (Å²) in [5.74, 6) is -0.368. The highest BCUT2D eigenvalue weighted by molar-refractivity contribution is 7.99. The van der Waals surface area contributed by atoms with Crippen LogP contribution >= 0.6 is 11.8 Å². The predicted molar refractivity (Wildman–Crippen MR) is 59.6 cm³/mol. The maximum atomic E-state index is 12.8. The first-order valence-corrected chi connectivity index (χ1v) is 5.87. The Morgan fingerprint density at radius 2 is 1.69 bits per heavy atom. The number of aromatic hydroxyl groups is 1. The van der Waals surface area contributed by atoms with E-state index in [4.69, 9.17) is 5.11 Å². The Morgan fingerprint density at radius 1 is 1.12 bits per heavy atom. The molecule has 0 atom stereocenters. The van der Waals surface area contributed by atoms with Gasteiger partial charge in [-0.2, -0.15) is 24.9 Å². The third-order valence-electron chi connectivity index (χ3n) is 2.47. The van der Waals surface area contributed by atoms with Crippen molar-refractivity contribution in [2.75, 3.05) is 6.26 Å². The molecule has 0 unspecified atom stereocenters. The molecule has 0 aliphatic carbocycles. The Bertz CT molecular complexity index is 385. The average molecular weight is 250 g/mol. The molecule has 5 heteroatoms. The van der Waals surface area contributed by atoms with E-state index in [0.717, 1.165) is 6.07 Å². The smallest absolute Gasteiger partial charge is 0.416 e. The average Bonchev–Trinajstić information content (AvgIpc) is 2.16. The maximum Gasteiger partial charge on any atom is 0.416 e. The topological polar surface area (TPSA) is 20.2 Å². The zero-order valence-corrected chi connectivity index (χ0v) is 10.0. The maximum absolute atomic E-state index is 12.8. The van der Waals surface area contributed by atoms with Crippen molar-refractivity contribution in [3.05, 3.63) is 29.3 Å². The molecule has 1 N–H and O–H groups in total. The molecule has 0 saturated carbocycles. The third kappa shape index (κ3) is 2.64. The Labute approximate surface area is 96.7 Å². The van der Waals surface area contributed by atoms with E-state index in [1.807, 2.05) is 0 Å². The van der Waals surface area contributed by atoms with E-state index in [-0.39, 0.29) is 11.3 Å². The van der Waals surface area contributed by atoms with Crippen LogP contribution in [0.15, 0.2) is 18.2 Å². The molecule has 0 aliphatic rings. The standard InChI is InChI=1S/C11H13F3OS/c1-10(2,16-3)8-5-4-7(15)6-9(8)11(12,13)14/h4-6,15H,1-3H3. The normalized spacial score (nSPS) is 12.9. The monoisotopic (exact) mass is 250 g/mol. The molecule has 1 nitrogen and oxygen atoms in total. The van der Waals surface area contributed by atoms with Gasteiger partial charge in [-0.3, -0.25) is 0 Å². The summed E-state index contributed by atoms with van der Waals surface area (Å²) in [7, 11) is 0. The van der Waals surface area contributed by atoms with E-state index in [9.17, 15) is 13.2 Å². The fourth-order valence-corrected chi connectivity index (χ4v) is 1.80. The second-order valence-electron chi connectivity index (χ2n) is 3.94. The number of alkyl halides is 3. The molecule has 1 aromatic rings. The number of halogens is 3. The molecule has 0 heterocycles. The summed E-state index contributed by atoms with van der Waals surface area (Å²) in [4.78, 5) is 0. The van der Waals surface area contributed by atoms with Crippen molar-refractivity contribution in [3.8, 4) is 5.75 Å².